The molecule has 0 unspecified atom stereocenters. The molecule has 0 N–H and O–H groups in total. The van der Waals surface area contributed by atoms with Gasteiger partial charge in [0, 0.05) is 19.3 Å². The summed E-state index contributed by atoms with van der Waals surface area (Å²) in [6.07, 6.45) is 64.7. The van der Waals surface area contributed by atoms with Crippen molar-refractivity contribution in [2.75, 3.05) is 13.2 Å². The van der Waals surface area contributed by atoms with Crippen molar-refractivity contribution < 1.29 is 28.6 Å². The van der Waals surface area contributed by atoms with Gasteiger partial charge in [-0.3, -0.25) is 14.4 Å². The van der Waals surface area contributed by atoms with E-state index in [0.29, 0.717) is 19.3 Å². The Morgan fingerprint density at radius 1 is 0.333 bits per heavy atom. The maximum absolute atomic E-state index is 12.8. The summed E-state index contributed by atoms with van der Waals surface area (Å²) >= 11 is 0. The first kappa shape index (κ1) is 59.9. The molecule has 0 heterocycles. The standard InChI is InChI=1S/C57H98O6/c1-4-7-10-13-16-19-22-25-27-28-29-30-31-33-35-38-41-44-47-50-56(59)62-53-54(52-61-55(58)49-46-43-40-37-34-24-21-18-15-12-9-6-3)63-57(60)51-48-45-42-39-36-32-26-23-20-17-14-11-8-5-2/h7,10,16,19,25,27,29-30,33,35,41,44,54H,4-6,8-9,11-15,17-18,20-24,26,28,31-32,34,36-40,42-43,45-53H2,1-3H3/b10-7-,19-16-,27-25-,30-29-,35-33-,44-41-/t54-/m1/s1. The van der Waals surface area contributed by atoms with Crippen LogP contribution in [0.1, 0.15) is 252 Å². The number of rotatable bonds is 47. The van der Waals surface area contributed by atoms with Crippen LogP contribution < -0.4 is 0 Å². The van der Waals surface area contributed by atoms with E-state index in [1.165, 1.54) is 128 Å². The molecular formula is C57H98O6. The second kappa shape index (κ2) is 51.5. The smallest absolute Gasteiger partial charge is 0.306 e. The molecule has 0 saturated heterocycles. The van der Waals surface area contributed by atoms with Crippen molar-refractivity contribution in [3.63, 3.8) is 0 Å². The minimum absolute atomic E-state index is 0.0952. The van der Waals surface area contributed by atoms with Gasteiger partial charge >= 0.3 is 17.9 Å². The average molecular weight is 879 g/mol. The van der Waals surface area contributed by atoms with Gasteiger partial charge in [0.05, 0.1) is 0 Å². The number of hydrogen-bond acceptors (Lipinski definition) is 6. The molecule has 0 saturated carbocycles. The minimum atomic E-state index is -0.801. The zero-order valence-corrected chi connectivity index (χ0v) is 41.3. The van der Waals surface area contributed by atoms with Crippen LogP contribution in [0, 0.1) is 0 Å². The van der Waals surface area contributed by atoms with Gasteiger partial charge in [0.1, 0.15) is 13.2 Å². The Labute approximate surface area is 389 Å². The highest BCUT2D eigenvalue weighted by atomic mass is 16.6. The second-order valence-corrected chi connectivity index (χ2v) is 17.4. The lowest BCUT2D eigenvalue weighted by Crippen LogP contribution is -2.30. The zero-order valence-electron chi connectivity index (χ0n) is 41.3. The Morgan fingerprint density at radius 2 is 0.619 bits per heavy atom. The quantitative estimate of drug-likeness (QED) is 0.0262. The predicted molar refractivity (Wildman–Crippen MR) is 270 cm³/mol. The van der Waals surface area contributed by atoms with Crippen molar-refractivity contribution in [1.82, 2.24) is 0 Å². The summed E-state index contributed by atoms with van der Waals surface area (Å²) in [5.74, 6) is -0.977. The molecule has 0 spiro atoms. The van der Waals surface area contributed by atoms with Crippen molar-refractivity contribution in [3.8, 4) is 0 Å². The summed E-state index contributed by atoms with van der Waals surface area (Å²) in [6.45, 7) is 6.47. The number of carbonyl (C=O) groups is 3. The maximum atomic E-state index is 12.8. The molecule has 0 fully saturated rings. The molecule has 0 aliphatic heterocycles. The first-order valence-corrected chi connectivity index (χ1v) is 26.4. The molecule has 0 aliphatic carbocycles. The fourth-order valence-electron chi connectivity index (χ4n) is 7.29. The molecule has 0 aromatic heterocycles. The van der Waals surface area contributed by atoms with Crippen molar-refractivity contribution in [2.24, 2.45) is 0 Å². The molecule has 6 nitrogen and oxygen atoms in total. The van der Waals surface area contributed by atoms with Gasteiger partial charge in [0.2, 0.25) is 0 Å². The van der Waals surface area contributed by atoms with E-state index in [1.54, 1.807) is 0 Å². The molecule has 0 bridgehead atoms. The Hall–Kier alpha value is -3.15. The molecule has 362 valence electrons. The van der Waals surface area contributed by atoms with Crippen LogP contribution in [0.2, 0.25) is 0 Å². The first-order chi connectivity index (χ1) is 31.0. The Balaban J connectivity index is 4.47. The molecule has 0 amide bonds. The summed E-state index contributed by atoms with van der Waals surface area (Å²) < 4.78 is 16.7. The average Bonchev–Trinajstić information content (AvgIpc) is 3.28. The normalized spacial score (nSPS) is 12.6. The number of allylic oxidation sites excluding steroid dienone is 12. The number of carbonyl (C=O) groups excluding carboxylic acids is 3. The van der Waals surface area contributed by atoms with Crippen LogP contribution in [-0.4, -0.2) is 37.2 Å². The molecule has 0 radical (unpaired) electrons. The summed E-state index contributed by atoms with van der Waals surface area (Å²) in [4.78, 5) is 37.9. The third kappa shape index (κ3) is 49.7. The van der Waals surface area contributed by atoms with Gasteiger partial charge in [0.15, 0.2) is 6.10 Å². The molecule has 6 heteroatoms. The molecule has 1 atom stereocenters. The van der Waals surface area contributed by atoms with E-state index in [9.17, 15) is 14.4 Å². The van der Waals surface area contributed by atoms with Gasteiger partial charge in [-0.2, -0.15) is 0 Å². The summed E-state index contributed by atoms with van der Waals surface area (Å²) in [6, 6.07) is 0. The van der Waals surface area contributed by atoms with E-state index in [4.69, 9.17) is 14.2 Å². The minimum Gasteiger partial charge on any atom is -0.462 e. The fraction of sp³-hybridized carbons (Fsp3) is 0.737. The van der Waals surface area contributed by atoms with Crippen LogP contribution in [0.15, 0.2) is 72.9 Å². The largest absolute Gasteiger partial charge is 0.462 e. The highest BCUT2D eigenvalue weighted by Gasteiger charge is 2.19. The Kier molecular flexibility index (Phi) is 48.9. The van der Waals surface area contributed by atoms with E-state index < -0.39 is 6.10 Å². The van der Waals surface area contributed by atoms with Crippen LogP contribution in [-0.2, 0) is 28.6 Å². The van der Waals surface area contributed by atoms with E-state index in [-0.39, 0.29) is 37.5 Å². The van der Waals surface area contributed by atoms with Crippen LogP contribution in [0.4, 0.5) is 0 Å². The third-order valence-corrected chi connectivity index (χ3v) is 11.2. The second-order valence-electron chi connectivity index (χ2n) is 17.4. The van der Waals surface area contributed by atoms with E-state index in [0.717, 1.165) is 77.0 Å². The van der Waals surface area contributed by atoms with Crippen molar-refractivity contribution in [1.29, 1.82) is 0 Å². The third-order valence-electron chi connectivity index (χ3n) is 11.2. The zero-order chi connectivity index (χ0) is 45.8. The van der Waals surface area contributed by atoms with Gasteiger partial charge in [0.25, 0.3) is 0 Å². The van der Waals surface area contributed by atoms with Gasteiger partial charge in [-0.15, -0.1) is 0 Å². The number of unbranched alkanes of at least 4 members (excludes halogenated alkanes) is 24. The van der Waals surface area contributed by atoms with Gasteiger partial charge in [-0.25, -0.2) is 0 Å². The lowest BCUT2D eigenvalue weighted by Gasteiger charge is -2.18. The molecular weight excluding hydrogens is 781 g/mol. The molecule has 0 rings (SSSR count). The topological polar surface area (TPSA) is 78.9 Å². The highest BCUT2D eigenvalue weighted by Crippen LogP contribution is 2.15. The van der Waals surface area contributed by atoms with Crippen molar-refractivity contribution in [3.05, 3.63) is 72.9 Å². The van der Waals surface area contributed by atoms with Crippen molar-refractivity contribution >= 4 is 17.9 Å². The van der Waals surface area contributed by atoms with E-state index in [2.05, 4.69) is 87.6 Å². The number of esters is 3. The number of ether oxygens (including phenoxy) is 3. The summed E-state index contributed by atoms with van der Waals surface area (Å²) in [7, 11) is 0. The van der Waals surface area contributed by atoms with Crippen LogP contribution >= 0.6 is 0 Å². The van der Waals surface area contributed by atoms with Crippen LogP contribution in [0.3, 0.4) is 0 Å². The number of hydrogen-bond donors (Lipinski definition) is 0. The van der Waals surface area contributed by atoms with Gasteiger partial charge in [-0.1, -0.05) is 248 Å². The Bertz CT molecular complexity index is 1190. The predicted octanol–water partition coefficient (Wildman–Crippen LogP) is 17.4. The van der Waals surface area contributed by atoms with Crippen LogP contribution in [0.25, 0.3) is 0 Å². The highest BCUT2D eigenvalue weighted by molar-refractivity contribution is 5.71. The maximum Gasteiger partial charge on any atom is 0.306 e. The first-order valence-electron chi connectivity index (χ1n) is 26.4. The lowest BCUT2D eigenvalue weighted by atomic mass is 10.0. The molecule has 63 heavy (non-hydrogen) atoms. The van der Waals surface area contributed by atoms with Gasteiger partial charge in [-0.05, 0) is 57.8 Å². The summed E-state index contributed by atoms with van der Waals surface area (Å²) in [5, 5.41) is 0. The van der Waals surface area contributed by atoms with Gasteiger partial charge < -0.3 is 14.2 Å². The van der Waals surface area contributed by atoms with Crippen LogP contribution in [0.5, 0.6) is 0 Å². The lowest BCUT2D eigenvalue weighted by molar-refractivity contribution is -0.166. The van der Waals surface area contributed by atoms with E-state index in [1.807, 2.05) is 6.08 Å². The summed E-state index contributed by atoms with van der Waals surface area (Å²) in [5.41, 5.74) is 0. The van der Waals surface area contributed by atoms with E-state index >= 15 is 0 Å². The Morgan fingerprint density at radius 3 is 0.968 bits per heavy atom. The van der Waals surface area contributed by atoms with Crippen molar-refractivity contribution in [2.45, 2.75) is 258 Å². The monoisotopic (exact) mass is 879 g/mol. The SMILES string of the molecule is CC/C=C\C/C=C\C/C=C\C/C=C\C/C=C\C/C=C\CCC(=O)OC[C@@H](COC(=O)CCCCCCCCCCCCCC)OC(=O)CCCCCCCCCCCCCCCC. The molecule has 0 aromatic rings. The molecule has 0 aromatic carbocycles. The molecule has 0 aliphatic rings. The fourth-order valence-corrected chi connectivity index (χ4v) is 7.29.